The number of halogens is 8. The van der Waals surface area contributed by atoms with Crippen LogP contribution in [0, 0.1) is 22.7 Å². The number of hydrogen-bond donors (Lipinski definition) is 0. The summed E-state index contributed by atoms with van der Waals surface area (Å²) < 4.78 is 63.3. The number of nitrogens with zero attached hydrogens (tertiary/aromatic N) is 2. The van der Waals surface area contributed by atoms with Crippen LogP contribution in [-0.4, -0.2) is 33.5 Å². The Labute approximate surface area is 373 Å². The van der Waals surface area contributed by atoms with Gasteiger partial charge in [0.05, 0.1) is 23.3 Å². The Kier molecular flexibility index (Phi) is 17.8. The summed E-state index contributed by atoms with van der Waals surface area (Å²) in [6, 6.07) is 24.9. The van der Waals surface area contributed by atoms with Gasteiger partial charge in [0, 0.05) is 10.0 Å². The van der Waals surface area contributed by atoms with E-state index in [1.54, 1.807) is 0 Å². The Morgan fingerprint density at radius 2 is 0.660 bits per heavy atom. The van der Waals surface area contributed by atoms with Crippen molar-refractivity contribution in [2.45, 2.75) is 17.1 Å². The van der Waals surface area contributed by atoms with E-state index < -0.39 is 37.3 Å². The Morgan fingerprint density at radius 3 is 0.820 bits per heavy atom. The van der Waals surface area contributed by atoms with E-state index in [2.05, 4.69) is 0 Å². The molecule has 0 saturated carbocycles. The summed E-state index contributed by atoms with van der Waals surface area (Å²) in [6.45, 7) is 0. The number of nitriles is 2. The molecular weight excluding hydrogens is 878 g/mol. The maximum Gasteiger partial charge on any atom is 1.00 e. The molecule has 252 valence electrons. The van der Waals surface area contributed by atoms with Crippen molar-refractivity contribution in [3.8, 4) is 12.1 Å². The van der Waals surface area contributed by atoms with Crippen LogP contribution < -0.4 is 59.1 Å². The molecule has 8 nitrogen and oxygen atoms in total. The summed E-state index contributed by atoms with van der Waals surface area (Å²) in [4.78, 5) is 0. The maximum absolute atomic E-state index is 12.2. The van der Waals surface area contributed by atoms with E-state index in [0.717, 1.165) is 0 Å². The molecule has 0 amide bonds. The fourth-order valence-electron chi connectivity index (χ4n) is 4.78. The second kappa shape index (κ2) is 18.6. The first kappa shape index (κ1) is 48.0. The van der Waals surface area contributed by atoms with Crippen molar-refractivity contribution in [3.05, 3.63) is 140 Å². The van der Waals surface area contributed by atoms with E-state index in [9.17, 15) is 25.9 Å². The molecule has 0 spiro atoms. The van der Waals surface area contributed by atoms with Crippen LogP contribution in [0.3, 0.4) is 0 Å². The average molecular weight is 894 g/mol. The van der Waals surface area contributed by atoms with Gasteiger partial charge in [-0.2, -0.15) is 10.5 Å². The molecule has 4 rings (SSSR count). The van der Waals surface area contributed by atoms with Crippen LogP contribution >= 0.6 is 92.8 Å². The number of hydrogen-bond acceptors (Lipinski definition) is 8. The molecule has 0 saturated heterocycles. The van der Waals surface area contributed by atoms with Crippen molar-refractivity contribution >= 4 is 113 Å². The van der Waals surface area contributed by atoms with Gasteiger partial charge in [-0.15, -0.1) is 0 Å². The van der Waals surface area contributed by atoms with E-state index in [1.165, 1.54) is 97.1 Å². The normalized spacial score (nSPS) is 14.1. The minimum atomic E-state index is -5.19. The molecular formula is C30H16Cl8N2Na2O6S2. The van der Waals surface area contributed by atoms with Gasteiger partial charge in [-0.1, -0.05) is 141 Å². The van der Waals surface area contributed by atoms with Crippen molar-refractivity contribution in [3.63, 3.8) is 0 Å². The Balaban J connectivity index is 0.000000481. The summed E-state index contributed by atoms with van der Waals surface area (Å²) in [5.41, 5.74) is 0.281. The van der Waals surface area contributed by atoms with Crippen molar-refractivity contribution in [1.29, 1.82) is 10.5 Å². The van der Waals surface area contributed by atoms with Gasteiger partial charge in [0.15, 0.2) is 9.49 Å². The third kappa shape index (κ3) is 9.80. The second-order valence-corrected chi connectivity index (χ2v) is 18.1. The Hall–Kier alpha value is 0.00000000000000178. The van der Waals surface area contributed by atoms with Gasteiger partial charge in [-0.25, -0.2) is 16.8 Å². The van der Waals surface area contributed by atoms with Gasteiger partial charge < -0.3 is 9.11 Å². The van der Waals surface area contributed by atoms with Gasteiger partial charge in [-0.05, 0) is 70.8 Å². The third-order valence-corrected chi connectivity index (χ3v) is 12.8. The van der Waals surface area contributed by atoms with E-state index >= 15 is 0 Å². The van der Waals surface area contributed by atoms with Crippen LogP contribution in [0.1, 0.15) is 33.4 Å². The minimum Gasteiger partial charge on any atom is -0.747 e. The Bertz CT molecular complexity index is 1930. The van der Waals surface area contributed by atoms with E-state index in [0.29, 0.717) is 10.0 Å². The summed E-state index contributed by atoms with van der Waals surface area (Å²) in [7, 11) is -10.4. The van der Waals surface area contributed by atoms with Crippen LogP contribution in [0.4, 0.5) is 0 Å². The summed E-state index contributed by atoms with van der Waals surface area (Å²) in [5, 5.41) is 18.4. The second-order valence-electron chi connectivity index (χ2n) is 9.66. The van der Waals surface area contributed by atoms with E-state index in [4.69, 9.17) is 103 Å². The SMILES string of the molecule is N#Cc1ccc(C(c2ccc(Cl)cc2)(C(Cl)(Cl)Cl)S(=O)(=O)[O-])cc1.N#Cc1ccc(C(c2ccc(Cl)cc2)(C(Cl)(Cl)Cl)S(=O)(=O)[O-])cc1.[Na+].[Na+]. The molecule has 2 atom stereocenters. The van der Waals surface area contributed by atoms with Crippen molar-refractivity contribution in [2.75, 3.05) is 0 Å². The van der Waals surface area contributed by atoms with Crippen LogP contribution in [0.2, 0.25) is 10.0 Å². The first-order valence-corrected chi connectivity index (χ1v) is 18.5. The monoisotopic (exact) mass is 890 g/mol. The van der Waals surface area contributed by atoms with Crippen LogP contribution in [0.5, 0.6) is 0 Å². The van der Waals surface area contributed by atoms with Crippen LogP contribution in [0.25, 0.3) is 0 Å². The molecule has 0 aliphatic heterocycles. The smallest absolute Gasteiger partial charge is 0.747 e. The molecule has 0 aliphatic rings. The topological polar surface area (TPSA) is 162 Å². The van der Waals surface area contributed by atoms with Gasteiger partial charge in [0.2, 0.25) is 7.59 Å². The molecule has 0 radical (unpaired) electrons. The average Bonchev–Trinajstić information content (AvgIpc) is 2.98. The van der Waals surface area contributed by atoms with E-state index in [-0.39, 0.29) is 92.5 Å². The molecule has 4 aromatic rings. The quantitative estimate of drug-likeness (QED) is 0.162. The zero-order valence-corrected chi connectivity index (χ0v) is 37.1. The minimum absolute atomic E-state index is 0. The standard InChI is InChI=1S/2C15H9Cl4NO3S.2Na/c2*16-13-7-5-12(6-8-13)14(15(17,18)19,24(21,22)23)11-3-1-10(9-20)2-4-11;;/h2*1-8H,(H,21,22,23);;/q;;2*+1/p-2. The predicted octanol–water partition coefficient (Wildman–Crippen LogP) is 2.75. The molecule has 0 N–H and O–H groups in total. The molecule has 0 aliphatic carbocycles. The molecule has 2 unspecified atom stereocenters. The molecule has 20 heteroatoms. The first-order chi connectivity index (χ1) is 22.1. The molecule has 50 heavy (non-hydrogen) atoms. The summed E-state index contributed by atoms with van der Waals surface area (Å²) in [6.07, 6.45) is 0. The summed E-state index contributed by atoms with van der Waals surface area (Å²) >= 11 is 47.5. The van der Waals surface area contributed by atoms with Gasteiger partial charge in [0.25, 0.3) is 0 Å². The fourth-order valence-corrected chi connectivity index (χ4v) is 10.3. The fraction of sp³-hybridized carbons (Fsp3) is 0.133. The molecule has 0 fully saturated rings. The first-order valence-electron chi connectivity index (χ1n) is 12.7. The van der Waals surface area contributed by atoms with Crippen molar-refractivity contribution in [2.24, 2.45) is 0 Å². The zero-order chi connectivity index (χ0) is 36.3. The molecule has 4 aromatic carbocycles. The van der Waals surface area contributed by atoms with Crippen LogP contribution in [0.15, 0.2) is 97.1 Å². The molecule has 0 aromatic heterocycles. The van der Waals surface area contributed by atoms with Gasteiger partial charge in [-0.3, -0.25) is 0 Å². The number of alkyl halides is 6. The third-order valence-electron chi connectivity index (χ3n) is 6.89. The molecule has 0 bridgehead atoms. The van der Waals surface area contributed by atoms with Crippen molar-refractivity contribution < 1.29 is 85.1 Å². The summed E-state index contributed by atoms with van der Waals surface area (Å²) in [5.74, 6) is 0. The van der Waals surface area contributed by atoms with Crippen molar-refractivity contribution in [1.82, 2.24) is 0 Å². The Morgan fingerprint density at radius 1 is 0.460 bits per heavy atom. The largest absolute Gasteiger partial charge is 1.00 e. The van der Waals surface area contributed by atoms with Gasteiger partial charge >= 0.3 is 59.1 Å². The zero-order valence-electron chi connectivity index (χ0n) is 25.4. The van der Waals surface area contributed by atoms with E-state index in [1.807, 2.05) is 12.1 Å². The predicted molar refractivity (Wildman–Crippen MR) is 187 cm³/mol. The number of benzene rings is 4. The van der Waals surface area contributed by atoms with Crippen LogP contribution in [-0.2, 0) is 29.7 Å². The van der Waals surface area contributed by atoms with Gasteiger partial charge in [0.1, 0.15) is 20.2 Å². The molecule has 0 heterocycles. The maximum atomic E-state index is 12.2. The number of rotatable bonds is 6.